The largest absolute Gasteiger partial charge is 0.493 e. The van der Waals surface area contributed by atoms with Crippen LogP contribution in [0.25, 0.3) is 0 Å². The molecule has 2 fully saturated rings. The maximum Gasteiger partial charge on any atom is 0.211 e. The number of methoxy groups -OCH3 is 1. The van der Waals surface area contributed by atoms with E-state index in [1.165, 1.54) is 7.11 Å². The van der Waals surface area contributed by atoms with Crippen molar-refractivity contribution in [3.05, 3.63) is 23.2 Å². The predicted molar refractivity (Wildman–Crippen MR) is 83.0 cm³/mol. The van der Waals surface area contributed by atoms with E-state index >= 15 is 0 Å². The average molecular weight is 320 g/mol. The van der Waals surface area contributed by atoms with E-state index in [9.17, 15) is 4.79 Å². The van der Waals surface area contributed by atoms with Gasteiger partial charge >= 0.3 is 0 Å². The second kappa shape index (κ2) is 4.08. The van der Waals surface area contributed by atoms with Crippen molar-refractivity contribution in [3.8, 4) is 11.5 Å². The third-order valence-electron chi connectivity index (χ3n) is 6.24. The van der Waals surface area contributed by atoms with Gasteiger partial charge in [-0.1, -0.05) is 6.04 Å². The topological polar surface area (TPSA) is 59.0 Å². The fourth-order valence-electron chi connectivity index (χ4n) is 5.17. The van der Waals surface area contributed by atoms with Crippen LogP contribution in [0.15, 0.2) is 12.1 Å². The first kappa shape index (κ1) is 9.64. The summed E-state index contributed by atoms with van der Waals surface area (Å²) in [6.07, 6.45) is -2.85. The Hall–Kier alpha value is -1.59. The summed E-state index contributed by atoms with van der Waals surface area (Å²) in [6.45, 7) is 0.628. The number of aliphatic hydroxyl groups is 1. The third-order valence-corrected chi connectivity index (χ3v) is 6.24. The number of rotatable bonds is 2. The molecule has 1 saturated heterocycles. The molecule has 1 unspecified atom stereocenters. The average Bonchev–Trinajstić information content (AvgIpc) is 2.98. The van der Waals surface area contributed by atoms with Crippen molar-refractivity contribution in [3.63, 3.8) is 0 Å². The highest BCUT2D eigenvalue weighted by molar-refractivity contribution is 5.90. The number of benzene rings is 1. The minimum Gasteiger partial charge on any atom is -0.493 e. The van der Waals surface area contributed by atoms with Crippen LogP contribution in [0.4, 0.5) is 0 Å². The lowest BCUT2D eigenvalue weighted by Crippen LogP contribution is -2.76. The lowest BCUT2D eigenvalue weighted by Gasteiger charge is -2.62. The van der Waals surface area contributed by atoms with Crippen molar-refractivity contribution in [1.82, 2.24) is 4.90 Å². The van der Waals surface area contributed by atoms with Crippen LogP contribution >= 0.6 is 0 Å². The smallest absolute Gasteiger partial charge is 0.211 e. The highest BCUT2D eigenvalue weighted by atomic mass is 16.5. The first-order chi connectivity index (χ1) is 13.2. The molecule has 1 N–H and O–H groups in total. The second-order valence-electron chi connectivity index (χ2n) is 6.99. The molecule has 5 heteroatoms. The number of carbonyl (C=O) groups is 1. The summed E-state index contributed by atoms with van der Waals surface area (Å²) in [7, 11) is 3.27. The van der Waals surface area contributed by atoms with Gasteiger partial charge in [-0.05, 0) is 44.5 Å². The van der Waals surface area contributed by atoms with Crippen LogP contribution in [0.1, 0.15) is 35.8 Å². The van der Waals surface area contributed by atoms with E-state index in [0.29, 0.717) is 30.5 Å². The minimum atomic E-state index is -2.20. The number of nitrogens with zero attached hydrogens (tertiary/aromatic N) is 1. The van der Waals surface area contributed by atoms with Gasteiger partial charge in [0.25, 0.3) is 0 Å². The molecule has 1 saturated carbocycles. The van der Waals surface area contributed by atoms with Gasteiger partial charge < -0.3 is 19.5 Å². The molecule has 2 aliphatic carbocycles. The Morgan fingerprint density at radius 2 is 2.43 bits per heavy atom. The molecule has 0 radical (unpaired) electrons. The molecule has 4 aliphatic rings. The summed E-state index contributed by atoms with van der Waals surface area (Å²) in [4.78, 5) is 15.1. The number of ether oxygens (including phenoxy) is 2. The SMILES string of the molecule is [2H]O[C@@]12CC([2H])([2H])C(=O)C3Oc4c(OC)c([2H])c([2H])c5c4[C@@]31CCN(C)[C@@H]2C5. The van der Waals surface area contributed by atoms with Crippen molar-refractivity contribution < 1.29 is 24.9 Å². The Labute approximate surface area is 142 Å². The van der Waals surface area contributed by atoms with Crippen molar-refractivity contribution in [2.45, 2.75) is 48.8 Å². The van der Waals surface area contributed by atoms with E-state index in [-0.39, 0.29) is 30.0 Å². The monoisotopic (exact) mass is 320 g/mol. The molecule has 2 heterocycles. The van der Waals surface area contributed by atoms with Gasteiger partial charge in [0.1, 0.15) is 0 Å². The van der Waals surface area contributed by atoms with E-state index < -0.39 is 35.3 Å². The molecule has 1 aromatic carbocycles. The van der Waals surface area contributed by atoms with Crippen LogP contribution in [0, 0.1) is 0 Å². The number of hydrogen-bond acceptors (Lipinski definition) is 5. The molecule has 0 amide bonds. The summed E-state index contributed by atoms with van der Waals surface area (Å²) >= 11 is 0. The standard InChI is InChI=1S/C18H21NO4/c1-19-8-7-17-14-10-3-4-12(22-2)15(14)23-16(17)11(20)5-6-18(17,21)13(19)9-10/h3-4,13,16,21H,5-9H2,1-2H3/t13-,16?,17+,18-/m1/s1/i3D,4D,5D2,21D. The van der Waals surface area contributed by atoms with Gasteiger partial charge in [-0.25, -0.2) is 0 Å². The highest BCUT2D eigenvalue weighted by Gasteiger charge is 2.72. The van der Waals surface area contributed by atoms with E-state index in [0.717, 1.165) is 0 Å². The zero-order valence-electron chi connectivity index (χ0n) is 18.1. The van der Waals surface area contributed by atoms with E-state index in [4.69, 9.17) is 21.5 Å². The van der Waals surface area contributed by atoms with Gasteiger partial charge in [-0.3, -0.25) is 4.79 Å². The maximum absolute atomic E-state index is 13.1. The molecule has 1 aromatic rings. The second-order valence-corrected chi connectivity index (χ2v) is 6.99. The number of piperidine rings is 1. The van der Waals surface area contributed by atoms with Gasteiger partial charge in [-0.15, -0.1) is 0 Å². The van der Waals surface area contributed by atoms with E-state index in [1.807, 2.05) is 11.9 Å². The molecule has 23 heavy (non-hydrogen) atoms. The normalized spacial score (nSPS) is 45.8. The third kappa shape index (κ3) is 1.32. The summed E-state index contributed by atoms with van der Waals surface area (Å²) in [6, 6.07) is -0.482. The molecule has 4 atom stereocenters. The molecule has 2 aliphatic heterocycles. The van der Waals surface area contributed by atoms with Gasteiger partial charge in [-0.2, -0.15) is 0 Å². The van der Waals surface area contributed by atoms with Crippen LogP contribution in [0.5, 0.6) is 11.5 Å². The molecular formula is C18H21NO4. The number of hydrogen-bond donors (Lipinski definition) is 1. The van der Waals surface area contributed by atoms with Crippen LogP contribution in [0.2, 0.25) is 0 Å². The number of ketones is 1. The Bertz CT molecular complexity index is 924. The lowest BCUT2D eigenvalue weighted by molar-refractivity contribution is -0.185. The lowest BCUT2D eigenvalue weighted by atomic mass is 9.49. The van der Waals surface area contributed by atoms with E-state index in [1.54, 1.807) is 0 Å². The number of Topliss-reactive ketones (excluding diaryl/α,β-unsaturated/α-hetero) is 1. The molecule has 122 valence electrons. The van der Waals surface area contributed by atoms with Crippen molar-refractivity contribution in [2.24, 2.45) is 0 Å². The Balaban J connectivity index is 1.92. The maximum atomic E-state index is 13.1. The fraction of sp³-hybridized carbons (Fsp3) is 0.611. The van der Waals surface area contributed by atoms with Crippen LogP contribution < -0.4 is 9.47 Å². The highest BCUT2D eigenvalue weighted by Crippen LogP contribution is 2.64. The van der Waals surface area contributed by atoms with E-state index in [2.05, 4.69) is 0 Å². The first-order valence-electron chi connectivity index (χ1n) is 10.3. The van der Waals surface area contributed by atoms with Crippen LogP contribution in [0.3, 0.4) is 0 Å². The molecule has 0 aromatic heterocycles. The van der Waals surface area contributed by atoms with Crippen LogP contribution in [-0.2, 0) is 16.6 Å². The van der Waals surface area contributed by atoms with Crippen LogP contribution in [-0.4, -0.2) is 55.7 Å². The predicted octanol–water partition coefficient (Wildman–Crippen LogP) is 1.05. The molecule has 1 spiro atoms. The van der Waals surface area contributed by atoms with Crippen molar-refractivity contribution >= 4 is 5.78 Å². The number of likely N-dealkylation sites (N-methyl/N-ethyl adjacent to an activating group) is 1. The van der Waals surface area contributed by atoms with Gasteiger partial charge in [0.2, 0.25) is 1.43 Å². The molecule has 5 nitrogen and oxygen atoms in total. The number of likely N-dealkylation sites (tertiary alicyclic amines) is 1. The fourth-order valence-corrected chi connectivity index (χ4v) is 5.17. The van der Waals surface area contributed by atoms with Crippen molar-refractivity contribution in [1.29, 1.82) is 1.43 Å². The summed E-state index contributed by atoms with van der Waals surface area (Å²) in [5.74, 6) is -0.358. The Kier molecular flexibility index (Phi) is 1.71. The zero-order chi connectivity index (χ0) is 20.2. The zero-order valence-corrected chi connectivity index (χ0v) is 13.1. The molecule has 2 bridgehead atoms. The Morgan fingerprint density at radius 3 is 3.22 bits per heavy atom. The summed E-state index contributed by atoms with van der Waals surface area (Å²) in [5, 5.41) is 5.39. The summed E-state index contributed by atoms with van der Waals surface area (Å²) in [5.41, 5.74) is -1.13. The van der Waals surface area contributed by atoms with Crippen molar-refractivity contribution in [2.75, 3.05) is 20.7 Å². The molecule has 5 rings (SSSR count). The first-order valence-corrected chi connectivity index (χ1v) is 7.92. The summed E-state index contributed by atoms with van der Waals surface area (Å²) < 4.78 is 53.0. The van der Waals surface area contributed by atoms with Gasteiger partial charge in [0, 0.05) is 20.7 Å². The Morgan fingerprint density at radius 1 is 1.57 bits per heavy atom. The van der Waals surface area contributed by atoms with Gasteiger partial charge in [0.05, 0.1) is 20.9 Å². The minimum absolute atomic E-state index is 0.0270. The quantitative estimate of drug-likeness (QED) is 0.883. The molecular weight excluding hydrogens is 294 g/mol. The number of carbonyl (C=O) groups excluding carboxylic acids is 1. The van der Waals surface area contributed by atoms with Gasteiger partial charge in [0.15, 0.2) is 23.4 Å².